The van der Waals surface area contributed by atoms with E-state index in [1.54, 1.807) is 0 Å². The van der Waals surface area contributed by atoms with Gasteiger partial charge in [-0.15, -0.1) is 11.3 Å². The predicted molar refractivity (Wildman–Crippen MR) is 82.8 cm³/mol. The molecule has 1 N–H and O–H groups in total. The summed E-state index contributed by atoms with van der Waals surface area (Å²) in [5.74, 6) is 0.764. The van der Waals surface area contributed by atoms with Gasteiger partial charge in [-0.3, -0.25) is 4.90 Å². The van der Waals surface area contributed by atoms with Gasteiger partial charge in [-0.2, -0.15) is 0 Å². The fourth-order valence-corrected chi connectivity index (χ4v) is 4.04. The molecule has 2 atom stereocenters. The number of aryl methyl sites for hydroxylation is 2. The average Bonchev–Trinajstić information content (AvgIpc) is 2.67. The van der Waals surface area contributed by atoms with Gasteiger partial charge in [-0.1, -0.05) is 13.8 Å². The lowest BCUT2D eigenvalue weighted by Crippen LogP contribution is -2.51. The van der Waals surface area contributed by atoms with Crippen LogP contribution >= 0.6 is 11.3 Å². The van der Waals surface area contributed by atoms with Crippen molar-refractivity contribution in [2.45, 2.75) is 53.1 Å². The minimum atomic E-state index is 0.503. The maximum atomic E-state index is 4.57. The van der Waals surface area contributed by atoms with E-state index in [4.69, 9.17) is 0 Å². The zero-order chi connectivity index (χ0) is 14.0. The first-order valence-corrected chi connectivity index (χ1v) is 8.20. The topological polar surface area (TPSA) is 28.2 Å². The molecule has 0 bridgehead atoms. The van der Waals surface area contributed by atoms with Crippen molar-refractivity contribution in [3.8, 4) is 0 Å². The van der Waals surface area contributed by atoms with Gasteiger partial charge in [-0.05, 0) is 33.1 Å². The first kappa shape index (κ1) is 14.9. The van der Waals surface area contributed by atoms with Gasteiger partial charge in [0, 0.05) is 36.6 Å². The van der Waals surface area contributed by atoms with Gasteiger partial charge in [0.15, 0.2) is 0 Å². The molecule has 0 radical (unpaired) electrons. The van der Waals surface area contributed by atoms with E-state index in [0.29, 0.717) is 12.1 Å². The standard InChI is InChI=1S/C15H27N3S/c1-10(2)8-14-9-18(7-6-16-14)12(4)15-11(3)17-13(5)19-15/h10,12,14,16H,6-9H2,1-5H3. The van der Waals surface area contributed by atoms with Crippen LogP contribution in [0, 0.1) is 19.8 Å². The highest BCUT2D eigenvalue weighted by molar-refractivity contribution is 7.11. The van der Waals surface area contributed by atoms with E-state index in [1.807, 2.05) is 11.3 Å². The van der Waals surface area contributed by atoms with Crippen molar-refractivity contribution in [1.82, 2.24) is 15.2 Å². The molecular weight excluding hydrogens is 254 g/mol. The quantitative estimate of drug-likeness (QED) is 0.919. The lowest BCUT2D eigenvalue weighted by Gasteiger charge is -2.38. The molecule has 1 aromatic rings. The van der Waals surface area contributed by atoms with E-state index in [0.717, 1.165) is 25.6 Å². The molecule has 0 aromatic carbocycles. The number of thiazole rings is 1. The molecule has 1 saturated heterocycles. The Hall–Kier alpha value is -0.450. The smallest absolute Gasteiger partial charge is 0.0900 e. The number of aromatic nitrogens is 1. The highest BCUT2D eigenvalue weighted by Crippen LogP contribution is 2.29. The number of piperazine rings is 1. The molecule has 0 spiro atoms. The van der Waals surface area contributed by atoms with Crippen LogP contribution in [0.4, 0.5) is 0 Å². The molecule has 1 aromatic heterocycles. The lowest BCUT2D eigenvalue weighted by atomic mass is 10.0. The largest absolute Gasteiger partial charge is 0.311 e. The van der Waals surface area contributed by atoms with E-state index >= 15 is 0 Å². The first-order chi connectivity index (χ1) is 8.97. The van der Waals surface area contributed by atoms with Crippen molar-refractivity contribution in [2.75, 3.05) is 19.6 Å². The maximum absolute atomic E-state index is 4.57. The Morgan fingerprint density at radius 2 is 2.11 bits per heavy atom. The second-order valence-corrected chi connectivity index (χ2v) is 7.37. The summed E-state index contributed by atoms with van der Waals surface area (Å²) in [4.78, 5) is 8.63. The van der Waals surface area contributed by atoms with Crippen LogP contribution in [0.3, 0.4) is 0 Å². The number of rotatable bonds is 4. The molecule has 19 heavy (non-hydrogen) atoms. The zero-order valence-corrected chi connectivity index (χ0v) is 13.7. The maximum Gasteiger partial charge on any atom is 0.0900 e. The van der Waals surface area contributed by atoms with Gasteiger partial charge in [0.25, 0.3) is 0 Å². The summed E-state index contributed by atoms with van der Waals surface area (Å²) in [5, 5.41) is 4.84. The molecule has 1 fully saturated rings. The summed E-state index contributed by atoms with van der Waals surface area (Å²) in [7, 11) is 0. The fraction of sp³-hybridized carbons (Fsp3) is 0.800. The third-order valence-corrected chi connectivity index (χ3v) is 5.15. The van der Waals surface area contributed by atoms with Crippen molar-refractivity contribution in [1.29, 1.82) is 0 Å². The molecule has 4 heteroatoms. The van der Waals surface area contributed by atoms with Crippen LogP contribution in [0.5, 0.6) is 0 Å². The second kappa shape index (κ2) is 6.33. The van der Waals surface area contributed by atoms with E-state index in [-0.39, 0.29) is 0 Å². The van der Waals surface area contributed by atoms with Crippen molar-refractivity contribution < 1.29 is 0 Å². The van der Waals surface area contributed by atoms with Crippen molar-refractivity contribution in [3.63, 3.8) is 0 Å². The summed E-state index contributed by atoms with van der Waals surface area (Å²) < 4.78 is 0. The summed E-state index contributed by atoms with van der Waals surface area (Å²) >= 11 is 1.86. The average molecular weight is 281 g/mol. The van der Waals surface area contributed by atoms with Crippen LogP contribution in [0.1, 0.15) is 48.8 Å². The van der Waals surface area contributed by atoms with Crippen LogP contribution in [-0.4, -0.2) is 35.6 Å². The Bertz CT molecular complexity index is 414. The molecule has 2 heterocycles. The van der Waals surface area contributed by atoms with Crippen molar-refractivity contribution >= 4 is 11.3 Å². The summed E-state index contributed by atoms with van der Waals surface area (Å²) in [6.45, 7) is 14.6. The Morgan fingerprint density at radius 1 is 1.37 bits per heavy atom. The fourth-order valence-electron chi connectivity index (χ4n) is 3.03. The zero-order valence-electron chi connectivity index (χ0n) is 12.9. The number of nitrogens with one attached hydrogen (secondary N) is 1. The Labute approximate surface area is 121 Å². The van der Waals surface area contributed by atoms with Crippen molar-refractivity contribution in [2.24, 2.45) is 5.92 Å². The SMILES string of the molecule is Cc1nc(C)c(C(C)N2CCNC(CC(C)C)C2)s1. The molecule has 1 aliphatic rings. The molecule has 0 aliphatic carbocycles. The third kappa shape index (κ3) is 3.77. The van der Waals surface area contributed by atoms with Gasteiger partial charge >= 0.3 is 0 Å². The van der Waals surface area contributed by atoms with Crippen LogP contribution in [0.15, 0.2) is 0 Å². The van der Waals surface area contributed by atoms with Gasteiger partial charge in [0.1, 0.15) is 0 Å². The third-order valence-electron chi connectivity index (χ3n) is 3.91. The minimum absolute atomic E-state index is 0.503. The Balaban J connectivity index is 2.02. The Kier molecular flexibility index (Phi) is 4.98. The van der Waals surface area contributed by atoms with E-state index < -0.39 is 0 Å². The molecule has 0 saturated carbocycles. The second-order valence-electron chi connectivity index (χ2n) is 6.13. The number of hydrogen-bond donors (Lipinski definition) is 1. The van der Waals surface area contributed by atoms with Crippen LogP contribution in [0.2, 0.25) is 0 Å². The summed E-state index contributed by atoms with van der Waals surface area (Å²) in [6.07, 6.45) is 1.27. The highest BCUT2D eigenvalue weighted by atomic mass is 32.1. The lowest BCUT2D eigenvalue weighted by molar-refractivity contribution is 0.145. The van der Waals surface area contributed by atoms with Gasteiger partial charge in [0.2, 0.25) is 0 Å². The normalized spacial score (nSPS) is 22.9. The van der Waals surface area contributed by atoms with E-state index in [1.165, 1.54) is 22.0 Å². The van der Waals surface area contributed by atoms with Crippen LogP contribution < -0.4 is 5.32 Å². The molecule has 108 valence electrons. The Morgan fingerprint density at radius 3 is 2.68 bits per heavy atom. The molecule has 3 nitrogen and oxygen atoms in total. The first-order valence-electron chi connectivity index (χ1n) is 7.38. The molecule has 2 rings (SSSR count). The number of nitrogens with zero attached hydrogens (tertiary/aromatic N) is 2. The highest BCUT2D eigenvalue weighted by Gasteiger charge is 2.26. The molecule has 2 unspecified atom stereocenters. The van der Waals surface area contributed by atoms with Gasteiger partial charge in [-0.25, -0.2) is 4.98 Å². The minimum Gasteiger partial charge on any atom is -0.311 e. The molecular formula is C15H27N3S. The van der Waals surface area contributed by atoms with Gasteiger partial charge < -0.3 is 5.32 Å². The van der Waals surface area contributed by atoms with Crippen LogP contribution in [-0.2, 0) is 0 Å². The van der Waals surface area contributed by atoms with E-state index in [2.05, 4.69) is 49.8 Å². The van der Waals surface area contributed by atoms with E-state index in [9.17, 15) is 0 Å². The van der Waals surface area contributed by atoms with Crippen molar-refractivity contribution in [3.05, 3.63) is 15.6 Å². The number of hydrogen-bond acceptors (Lipinski definition) is 4. The summed E-state index contributed by atoms with van der Waals surface area (Å²) in [5.41, 5.74) is 1.22. The molecule has 0 amide bonds. The summed E-state index contributed by atoms with van der Waals surface area (Å²) in [6, 6.07) is 1.15. The monoisotopic (exact) mass is 281 g/mol. The van der Waals surface area contributed by atoms with Gasteiger partial charge in [0.05, 0.1) is 10.7 Å². The predicted octanol–water partition coefficient (Wildman–Crippen LogP) is 3.14. The van der Waals surface area contributed by atoms with Crippen LogP contribution in [0.25, 0.3) is 0 Å². The molecule has 1 aliphatic heterocycles.